The average molecular weight is 336 g/mol. The largest absolute Gasteiger partial charge is 0.368 e. The lowest BCUT2D eigenvalue weighted by Crippen LogP contribution is -2.07. The van der Waals surface area contributed by atoms with Crippen LogP contribution in [0.1, 0.15) is 9.88 Å². The van der Waals surface area contributed by atoms with E-state index in [-0.39, 0.29) is 0 Å². The summed E-state index contributed by atoms with van der Waals surface area (Å²) in [5.41, 5.74) is 3.75. The van der Waals surface area contributed by atoms with Gasteiger partial charge in [-0.05, 0) is 6.92 Å². The Morgan fingerprint density at radius 2 is 2.00 bits per heavy atom. The van der Waals surface area contributed by atoms with E-state index in [1.807, 2.05) is 18.2 Å². The zero-order valence-corrected chi connectivity index (χ0v) is 14.0. The van der Waals surface area contributed by atoms with Crippen LogP contribution in [0.2, 0.25) is 0 Å². The van der Waals surface area contributed by atoms with Crippen molar-refractivity contribution in [1.82, 2.24) is 24.9 Å². The number of thiazole rings is 1. The van der Waals surface area contributed by atoms with Gasteiger partial charge in [-0.25, -0.2) is 19.9 Å². The summed E-state index contributed by atoms with van der Waals surface area (Å²) in [7, 11) is 0. The van der Waals surface area contributed by atoms with E-state index in [0.29, 0.717) is 5.65 Å². The Morgan fingerprint density at radius 3 is 2.88 bits per heavy atom. The minimum Gasteiger partial charge on any atom is -0.368 e. The number of aromatic amines is 1. The lowest BCUT2D eigenvalue weighted by molar-refractivity contribution is 0.987. The minimum atomic E-state index is 0.670. The summed E-state index contributed by atoms with van der Waals surface area (Å²) in [6.45, 7) is 2.88. The molecule has 0 unspecified atom stereocenters. The molecular weight excluding hydrogens is 320 g/mol. The fourth-order valence-electron chi connectivity index (χ4n) is 2.61. The smallest absolute Gasteiger partial charge is 0.182 e. The second-order valence-corrected chi connectivity index (χ2v) is 6.67. The Labute approximate surface area is 143 Å². The summed E-state index contributed by atoms with van der Waals surface area (Å²) in [6.07, 6.45) is 3.99. The summed E-state index contributed by atoms with van der Waals surface area (Å²) >= 11 is 1.75. The Bertz CT molecular complexity index is 960. The van der Waals surface area contributed by atoms with Crippen molar-refractivity contribution in [2.75, 3.05) is 11.9 Å². The number of aromatic nitrogens is 5. The summed E-state index contributed by atoms with van der Waals surface area (Å²) in [5, 5.41) is 4.45. The molecule has 3 aromatic heterocycles. The van der Waals surface area contributed by atoms with Gasteiger partial charge in [-0.15, -0.1) is 11.3 Å². The van der Waals surface area contributed by atoms with Gasteiger partial charge in [0.1, 0.15) is 11.8 Å². The maximum Gasteiger partial charge on any atom is 0.182 e. The molecule has 0 aliphatic carbocycles. The molecule has 0 bridgehead atoms. The van der Waals surface area contributed by atoms with Gasteiger partial charge in [-0.3, -0.25) is 0 Å². The molecule has 120 valence electrons. The van der Waals surface area contributed by atoms with Gasteiger partial charge in [0.25, 0.3) is 0 Å². The van der Waals surface area contributed by atoms with Crippen LogP contribution in [0, 0.1) is 6.92 Å². The molecule has 0 fully saturated rings. The summed E-state index contributed by atoms with van der Waals surface area (Å²) < 4.78 is 0. The molecule has 6 nitrogen and oxygen atoms in total. The molecule has 2 N–H and O–H groups in total. The highest BCUT2D eigenvalue weighted by Crippen LogP contribution is 2.27. The van der Waals surface area contributed by atoms with Crippen LogP contribution in [0.25, 0.3) is 22.4 Å². The molecule has 1 aromatic carbocycles. The van der Waals surface area contributed by atoms with Gasteiger partial charge < -0.3 is 10.3 Å². The van der Waals surface area contributed by atoms with E-state index in [4.69, 9.17) is 4.98 Å². The number of benzene rings is 1. The van der Waals surface area contributed by atoms with Crippen molar-refractivity contribution < 1.29 is 0 Å². The average Bonchev–Trinajstić information content (AvgIpc) is 3.23. The van der Waals surface area contributed by atoms with Crippen LogP contribution >= 0.6 is 11.3 Å². The summed E-state index contributed by atoms with van der Waals surface area (Å²) in [6, 6.07) is 10.3. The van der Waals surface area contributed by atoms with Gasteiger partial charge in [0.2, 0.25) is 0 Å². The summed E-state index contributed by atoms with van der Waals surface area (Å²) in [5.74, 6) is 0.772. The molecule has 24 heavy (non-hydrogen) atoms. The lowest BCUT2D eigenvalue weighted by atomic mass is 10.1. The SMILES string of the molecule is Cc1sc(CCNc2ncnc3nc[nH]c23)nc1-c1ccccc1. The summed E-state index contributed by atoms with van der Waals surface area (Å²) in [4.78, 5) is 21.6. The predicted molar refractivity (Wildman–Crippen MR) is 96.2 cm³/mol. The van der Waals surface area contributed by atoms with Crippen LogP contribution in [0.4, 0.5) is 5.82 Å². The van der Waals surface area contributed by atoms with Gasteiger partial charge in [-0.1, -0.05) is 30.3 Å². The molecule has 0 spiro atoms. The number of hydrogen-bond acceptors (Lipinski definition) is 6. The van der Waals surface area contributed by atoms with Crippen molar-refractivity contribution in [1.29, 1.82) is 0 Å². The van der Waals surface area contributed by atoms with Crippen LogP contribution in [-0.2, 0) is 6.42 Å². The van der Waals surface area contributed by atoms with Gasteiger partial charge in [0.05, 0.1) is 17.0 Å². The van der Waals surface area contributed by atoms with Crippen LogP contribution in [0.15, 0.2) is 43.0 Å². The molecule has 0 amide bonds. The zero-order chi connectivity index (χ0) is 16.4. The quantitative estimate of drug-likeness (QED) is 0.583. The highest BCUT2D eigenvalue weighted by molar-refractivity contribution is 7.12. The number of imidazole rings is 1. The van der Waals surface area contributed by atoms with Crippen LogP contribution < -0.4 is 5.32 Å². The maximum absolute atomic E-state index is 4.79. The Balaban J connectivity index is 1.46. The van der Waals surface area contributed by atoms with Crippen LogP contribution in [0.3, 0.4) is 0 Å². The third-order valence-corrected chi connectivity index (χ3v) is 4.77. The Hall–Kier alpha value is -2.80. The van der Waals surface area contributed by atoms with Gasteiger partial charge in [-0.2, -0.15) is 0 Å². The molecule has 3 heterocycles. The van der Waals surface area contributed by atoms with Crippen LogP contribution in [0.5, 0.6) is 0 Å². The number of fused-ring (bicyclic) bond motifs is 1. The molecule has 0 saturated carbocycles. The van der Waals surface area contributed by atoms with Crippen molar-refractivity contribution in [2.24, 2.45) is 0 Å². The van der Waals surface area contributed by atoms with Crippen molar-refractivity contribution in [3.05, 3.63) is 52.9 Å². The normalized spacial score (nSPS) is 11.0. The minimum absolute atomic E-state index is 0.670. The van der Waals surface area contributed by atoms with E-state index in [9.17, 15) is 0 Å². The zero-order valence-electron chi connectivity index (χ0n) is 13.2. The first-order valence-electron chi connectivity index (χ1n) is 7.71. The second-order valence-electron chi connectivity index (χ2n) is 5.38. The van der Waals surface area contributed by atoms with E-state index in [1.165, 1.54) is 16.8 Å². The fourth-order valence-corrected chi connectivity index (χ4v) is 3.56. The molecular formula is C17H16N6S. The lowest BCUT2D eigenvalue weighted by Gasteiger charge is -2.04. The third kappa shape index (κ3) is 2.85. The second kappa shape index (κ2) is 6.37. The number of aryl methyl sites for hydroxylation is 1. The molecule has 0 radical (unpaired) electrons. The van der Waals surface area contributed by atoms with Crippen molar-refractivity contribution in [3.63, 3.8) is 0 Å². The first-order valence-corrected chi connectivity index (χ1v) is 8.52. The van der Waals surface area contributed by atoms with E-state index in [2.05, 4.69) is 44.3 Å². The number of nitrogens with one attached hydrogen (secondary N) is 2. The van der Waals surface area contributed by atoms with Crippen molar-refractivity contribution in [2.45, 2.75) is 13.3 Å². The first-order chi connectivity index (χ1) is 11.8. The van der Waals surface area contributed by atoms with Crippen LogP contribution in [-0.4, -0.2) is 31.5 Å². The van der Waals surface area contributed by atoms with Gasteiger partial charge >= 0.3 is 0 Å². The highest BCUT2D eigenvalue weighted by atomic mass is 32.1. The van der Waals surface area contributed by atoms with Crippen molar-refractivity contribution >= 4 is 28.3 Å². The van der Waals surface area contributed by atoms with Gasteiger partial charge in [0.15, 0.2) is 11.5 Å². The standard InChI is InChI=1S/C17H16N6S/c1-11-14(12-5-3-2-4-6-12)23-13(24-11)7-8-18-16-15-17(20-9-19-15)22-10-21-16/h2-6,9-10H,7-8H2,1H3,(H2,18,19,20,21,22). The topological polar surface area (TPSA) is 79.4 Å². The molecule has 7 heteroatoms. The van der Waals surface area contributed by atoms with E-state index in [1.54, 1.807) is 17.7 Å². The number of rotatable bonds is 5. The number of hydrogen-bond donors (Lipinski definition) is 2. The number of H-pyrrole nitrogens is 1. The molecule has 0 aliphatic rings. The molecule has 4 rings (SSSR count). The van der Waals surface area contributed by atoms with E-state index >= 15 is 0 Å². The monoisotopic (exact) mass is 336 g/mol. The first kappa shape index (κ1) is 14.8. The number of nitrogens with zero attached hydrogens (tertiary/aromatic N) is 4. The Kier molecular flexibility index (Phi) is 3.92. The van der Waals surface area contributed by atoms with Gasteiger partial charge in [0, 0.05) is 23.4 Å². The van der Waals surface area contributed by atoms with E-state index in [0.717, 1.165) is 35.0 Å². The molecule has 0 saturated heterocycles. The molecule has 4 aromatic rings. The van der Waals surface area contributed by atoms with Crippen molar-refractivity contribution in [3.8, 4) is 11.3 Å². The number of anilines is 1. The maximum atomic E-state index is 4.79. The predicted octanol–water partition coefficient (Wildman–Crippen LogP) is 3.44. The molecule has 0 atom stereocenters. The third-order valence-electron chi connectivity index (χ3n) is 3.74. The Morgan fingerprint density at radius 1 is 1.12 bits per heavy atom. The highest BCUT2D eigenvalue weighted by Gasteiger charge is 2.10. The molecule has 0 aliphatic heterocycles. The van der Waals surface area contributed by atoms with E-state index < -0.39 is 0 Å². The fraction of sp³-hybridized carbons (Fsp3) is 0.176.